The molecule has 0 radical (unpaired) electrons. The second kappa shape index (κ2) is 7.29. The fraction of sp³-hybridized carbons (Fsp3) is 0.188. The van der Waals surface area contributed by atoms with Gasteiger partial charge < -0.3 is 10.1 Å². The number of nitrogens with one attached hydrogen (secondary N) is 1. The Hall–Kier alpha value is -2.64. The number of anilines is 1. The van der Waals surface area contributed by atoms with Crippen LogP contribution in [0.4, 0.5) is 5.82 Å². The molecule has 7 nitrogen and oxygen atoms in total. The van der Waals surface area contributed by atoms with Gasteiger partial charge in [-0.15, -0.1) is 0 Å². The van der Waals surface area contributed by atoms with Gasteiger partial charge in [0.15, 0.2) is 11.5 Å². The van der Waals surface area contributed by atoms with E-state index in [1.807, 2.05) is 24.3 Å². The normalized spacial score (nSPS) is 10.8. The van der Waals surface area contributed by atoms with Gasteiger partial charge >= 0.3 is 0 Å². The molecule has 0 spiro atoms. The lowest BCUT2D eigenvalue weighted by Crippen LogP contribution is -2.14. The zero-order chi connectivity index (χ0) is 16.9. The first-order valence-electron chi connectivity index (χ1n) is 7.26. The molecule has 0 bridgehead atoms. The summed E-state index contributed by atoms with van der Waals surface area (Å²) < 4.78 is 8.23. The molecule has 2 heterocycles. The van der Waals surface area contributed by atoms with Gasteiger partial charge in [-0.2, -0.15) is 10.2 Å². The molecular weight excluding hydrogens is 330 g/mol. The Morgan fingerprint density at radius 3 is 2.62 bits per heavy atom. The molecule has 1 N–H and O–H groups in total. The lowest BCUT2D eigenvalue weighted by molar-refractivity contribution is 0.101. The predicted octanol–water partition coefficient (Wildman–Crippen LogP) is 2.64. The van der Waals surface area contributed by atoms with Gasteiger partial charge in [0.1, 0.15) is 6.73 Å². The van der Waals surface area contributed by atoms with E-state index in [2.05, 4.69) is 15.5 Å². The SMILES string of the molecule is COCn1ccc(C(=O)Nc2ccn(Cc3ccc(Cl)cc3)n2)n1. The van der Waals surface area contributed by atoms with Crippen LogP contribution in [0.3, 0.4) is 0 Å². The summed E-state index contributed by atoms with van der Waals surface area (Å²) >= 11 is 5.87. The van der Waals surface area contributed by atoms with Crippen LogP contribution in [0.1, 0.15) is 16.1 Å². The smallest absolute Gasteiger partial charge is 0.277 e. The van der Waals surface area contributed by atoms with Crippen LogP contribution < -0.4 is 5.32 Å². The minimum Gasteiger partial charge on any atom is -0.362 e. The van der Waals surface area contributed by atoms with Crippen molar-refractivity contribution >= 4 is 23.3 Å². The van der Waals surface area contributed by atoms with E-state index >= 15 is 0 Å². The molecule has 2 aromatic heterocycles. The van der Waals surface area contributed by atoms with Gasteiger partial charge in [-0.3, -0.25) is 9.48 Å². The second-order valence-corrected chi connectivity index (χ2v) is 5.57. The molecule has 124 valence electrons. The number of ether oxygens (including phenoxy) is 1. The molecule has 3 aromatic rings. The number of methoxy groups -OCH3 is 1. The van der Waals surface area contributed by atoms with Gasteiger partial charge in [-0.05, 0) is 23.8 Å². The number of rotatable bonds is 6. The molecule has 0 aliphatic carbocycles. The van der Waals surface area contributed by atoms with Crippen LogP contribution in [0.2, 0.25) is 5.02 Å². The first-order chi connectivity index (χ1) is 11.6. The Bertz CT molecular complexity index is 825. The molecule has 1 aromatic carbocycles. The highest BCUT2D eigenvalue weighted by atomic mass is 35.5. The first kappa shape index (κ1) is 16.2. The van der Waals surface area contributed by atoms with Crippen molar-refractivity contribution in [1.82, 2.24) is 19.6 Å². The summed E-state index contributed by atoms with van der Waals surface area (Å²) in [4.78, 5) is 12.1. The third kappa shape index (κ3) is 4.01. The largest absolute Gasteiger partial charge is 0.362 e. The minimum atomic E-state index is -0.318. The van der Waals surface area contributed by atoms with Crippen molar-refractivity contribution in [2.75, 3.05) is 12.4 Å². The van der Waals surface area contributed by atoms with E-state index in [4.69, 9.17) is 16.3 Å². The number of benzene rings is 1. The van der Waals surface area contributed by atoms with E-state index < -0.39 is 0 Å². The fourth-order valence-corrected chi connectivity index (χ4v) is 2.29. The number of hydrogen-bond acceptors (Lipinski definition) is 4. The van der Waals surface area contributed by atoms with E-state index in [9.17, 15) is 4.79 Å². The number of carbonyl (C=O) groups is 1. The standard InChI is InChI=1S/C16H16ClN5O2/c1-24-11-22-8-6-14(19-22)16(23)18-15-7-9-21(20-15)10-12-2-4-13(17)5-3-12/h2-9H,10-11H2,1H3,(H,18,20,23). The monoisotopic (exact) mass is 345 g/mol. The molecule has 0 fully saturated rings. The van der Waals surface area contributed by atoms with E-state index in [1.54, 1.807) is 36.3 Å². The molecule has 0 aliphatic rings. The molecule has 0 atom stereocenters. The van der Waals surface area contributed by atoms with Crippen molar-refractivity contribution in [3.05, 3.63) is 65.1 Å². The summed E-state index contributed by atoms with van der Waals surface area (Å²) in [5.74, 6) is 0.150. The van der Waals surface area contributed by atoms with Crippen molar-refractivity contribution in [3.63, 3.8) is 0 Å². The van der Waals surface area contributed by atoms with Crippen LogP contribution in [0, 0.1) is 0 Å². The molecule has 0 saturated heterocycles. The van der Waals surface area contributed by atoms with Crippen molar-refractivity contribution < 1.29 is 9.53 Å². The molecular formula is C16H16ClN5O2. The number of nitrogens with zero attached hydrogens (tertiary/aromatic N) is 4. The number of amides is 1. The number of halogens is 1. The summed E-state index contributed by atoms with van der Waals surface area (Å²) in [6.45, 7) is 0.887. The summed E-state index contributed by atoms with van der Waals surface area (Å²) in [7, 11) is 1.56. The molecule has 24 heavy (non-hydrogen) atoms. The molecule has 0 unspecified atom stereocenters. The topological polar surface area (TPSA) is 74.0 Å². The molecule has 8 heteroatoms. The minimum absolute atomic E-state index is 0.295. The Labute approximate surface area is 143 Å². The van der Waals surface area contributed by atoms with Crippen LogP contribution >= 0.6 is 11.6 Å². The van der Waals surface area contributed by atoms with Gasteiger partial charge in [-0.1, -0.05) is 23.7 Å². The van der Waals surface area contributed by atoms with Crippen LogP contribution in [0.5, 0.6) is 0 Å². The van der Waals surface area contributed by atoms with Crippen LogP contribution in [-0.2, 0) is 18.0 Å². The maximum absolute atomic E-state index is 12.1. The number of hydrogen-bond donors (Lipinski definition) is 1. The average molecular weight is 346 g/mol. The maximum atomic E-state index is 12.1. The lowest BCUT2D eigenvalue weighted by Gasteiger charge is -2.02. The van der Waals surface area contributed by atoms with Crippen molar-refractivity contribution in [2.24, 2.45) is 0 Å². The average Bonchev–Trinajstić information content (AvgIpc) is 3.20. The zero-order valence-electron chi connectivity index (χ0n) is 13.0. The van der Waals surface area contributed by atoms with Gasteiger partial charge in [0.05, 0.1) is 6.54 Å². The zero-order valence-corrected chi connectivity index (χ0v) is 13.8. The Balaban J connectivity index is 1.62. The lowest BCUT2D eigenvalue weighted by atomic mass is 10.2. The predicted molar refractivity (Wildman–Crippen MR) is 90.0 cm³/mol. The third-order valence-corrected chi connectivity index (χ3v) is 3.53. The van der Waals surface area contributed by atoms with E-state index in [0.29, 0.717) is 29.8 Å². The maximum Gasteiger partial charge on any atom is 0.277 e. The Morgan fingerprint density at radius 1 is 1.12 bits per heavy atom. The fourth-order valence-electron chi connectivity index (χ4n) is 2.16. The summed E-state index contributed by atoms with van der Waals surface area (Å²) in [6, 6.07) is 10.9. The Morgan fingerprint density at radius 2 is 1.88 bits per heavy atom. The quantitative estimate of drug-likeness (QED) is 0.745. The summed E-state index contributed by atoms with van der Waals surface area (Å²) in [5.41, 5.74) is 1.37. The van der Waals surface area contributed by atoms with Crippen molar-refractivity contribution in [2.45, 2.75) is 13.3 Å². The van der Waals surface area contributed by atoms with Crippen molar-refractivity contribution in [1.29, 1.82) is 0 Å². The summed E-state index contributed by atoms with van der Waals surface area (Å²) in [6.07, 6.45) is 3.48. The molecule has 3 rings (SSSR count). The second-order valence-electron chi connectivity index (χ2n) is 5.14. The van der Waals surface area contributed by atoms with Gasteiger partial charge in [0, 0.05) is 30.6 Å². The van der Waals surface area contributed by atoms with Gasteiger partial charge in [0.2, 0.25) is 0 Å². The molecule has 1 amide bonds. The summed E-state index contributed by atoms with van der Waals surface area (Å²) in [5, 5.41) is 11.9. The number of aromatic nitrogens is 4. The Kier molecular flexibility index (Phi) is 4.93. The number of carbonyl (C=O) groups excluding carboxylic acids is 1. The van der Waals surface area contributed by atoms with Crippen LogP contribution in [0.25, 0.3) is 0 Å². The van der Waals surface area contributed by atoms with Gasteiger partial charge in [-0.25, -0.2) is 4.68 Å². The molecule has 0 saturated carbocycles. The van der Waals surface area contributed by atoms with Crippen LogP contribution in [0.15, 0.2) is 48.8 Å². The van der Waals surface area contributed by atoms with Gasteiger partial charge in [0.25, 0.3) is 5.91 Å². The highest BCUT2D eigenvalue weighted by Crippen LogP contribution is 2.12. The third-order valence-electron chi connectivity index (χ3n) is 3.27. The highest BCUT2D eigenvalue weighted by molar-refractivity contribution is 6.30. The van der Waals surface area contributed by atoms with Crippen LogP contribution in [-0.4, -0.2) is 32.6 Å². The highest BCUT2D eigenvalue weighted by Gasteiger charge is 2.11. The van der Waals surface area contributed by atoms with E-state index in [1.165, 1.54) is 4.68 Å². The van der Waals surface area contributed by atoms with Crippen molar-refractivity contribution in [3.8, 4) is 0 Å². The van der Waals surface area contributed by atoms with E-state index in [0.717, 1.165) is 5.56 Å². The molecule has 0 aliphatic heterocycles. The van der Waals surface area contributed by atoms with E-state index in [-0.39, 0.29) is 5.91 Å². The first-order valence-corrected chi connectivity index (χ1v) is 7.63.